The lowest BCUT2D eigenvalue weighted by atomic mass is 10.0. The van der Waals surface area contributed by atoms with Gasteiger partial charge < -0.3 is 14.8 Å². The van der Waals surface area contributed by atoms with Crippen molar-refractivity contribution in [3.05, 3.63) is 0 Å². The molecule has 5 nitrogen and oxygen atoms in total. The normalized spacial score (nSPS) is 28.9. The molecule has 2 aliphatic rings. The second-order valence-corrected chi connectivity index (χ2v) is 6.40. The molecule has 1 aliphatic carbocycles. The first-order valence-electron chi connectivity index (χ1n) is 7.13. The van der Waals surface area contributed by atoms with Gasteiger partial charge in [0.05, 0.1) is 18.8 Å². The van der Waals surface area contributed by atoms with Crippen molar-refractivity contribution in [1.29, 1.82) is 0 Å². The molecule has 2 rings (SSSR count). The van der Waals surface area contributed by atoms with E-state index in [2.05, 4.69) is 31.0 Å². The van der Waals surface area contributed by atoms with Gasteiger partial charge in [-0.3, -0.25) is 9.69 Å². The van der Waals surface area contributed by atoms with Gasteiger partial charge in [-0.25, -0.2) is 0 Å². The predicted octanol–water partition coefficient (Wildman–Crippen LogP) is 0.779. The highest BCUT2D eigenvalue weighted by molar-refractivity contribution is 5.76. The van der Waals surface area contributed by atoms with Crippen LogP contribution in [0.5, 0.6) is 0 Å². The summed E-state index contributed by atoms with van der Waals surface area (Å²) in [7, 11) is 1.45. The van der Waals surface area contributed by atoms with E-state index in [0.29, 0.717) is 12.6 Å². The molecule has 110 valence electrons. The Bertz CT molecular complexity index is 329. The molecule has 0 bridgehead atoms. The summed E-state index contributed by atoms with van der Waals surface area (Å²) in [6, 6.07) is 0.272. The van der Waals surface area contributed by atoms with Crippen LogP contribution in [-0.4, -0.2) is 61.4 Å². The van der Waals surface area contributed by atoms with E-state index in [9.17, 15) is 4.79 Å². The summed E-state index contributed by atoms with van der Waals surface area (Å²) in [5.74, 6) is -0.163. The minimum absolute atomic E-state index is 0.155. The molecule has 1 aliphatic heterocycles. The SMILES string of the molecule is COC(=O)C(CN1CC(C)OC(C)(C)C1)NC1CC1. The number of nitrogens with one attached hydrogen (secondary N) is 1. The number of esters is 1. The number of ether oxygens (including phenoxy) is 2. The van der Waals surface area contributed by atoms with E-state index in [1.54, 1.807) is 0 Å². The van der Waals surface area contributed by atoms with Crippen molar-refractivity contribution in [3.63, 3.8) is 0 Å². The van der Waals surface area contributed by atoms with Gasteiger partial charge in [0, 0.05) is 25.7 Å². The van der Waals surface area contributed by atoms with Crippen molar-refractivity contribution < 1.29 is 14.3 Å². The van der Waals surface area contributed by atoms with Gasteiger partial charge in [0.1, 0.15) is 6.04 Å². The number of nitrogens with zero attached hydrogens (tertiary/aromatic N) is 1. The third kappa shape index (κ3) is 4.44. The molecule has 2 fully saturated rings. The van der Waals surface area contributed by atoms with Gasteiger partial charge in [-0.05, 0) is 33.6 Å². The van der Waals surface area contributed by atoms with E-state index in [4.69, 9.17) is 9.47 Å². The molecule has 0 aromatic rings. The van der Waals surface area contributed by atoms with Crippen LogP contribution in [0.4, 0.5) is 0 Å². The molecule has 0 amide bonds. The average Bonchev–Trinajstić information content (AvgIpc) is 3.08. The largest absolute Gasteiger partial charge is 0.468 e. The van der Waals surface area contributed by atoms with Gasteiger partial charge in [0.15, 0.2) is 0 Å². The van der Waals surface area contributed by atoms with Gasteiger partial charge in [-0.15, -0.1) is 0 Å². The first-order chi connectivity index (χ1) is 8.89. The average molecular weight is 270 g/mol. The molecule has 1 saturated heterocycles. The van der Waals surface area contributed by atoms with Gasteiger partial charge in [0.25, 0.3) is 0 Å². The first kappa shape index (κ1) is 14.8. The van der Waals surface area contributed by atoms with Gasteiger partial charge in [-0.1, -0.05) is 0 Å². The van der Waals surface area contributed by atoms with E-state index in [0.717, 1.165) is 13.1 Å². The maximum Gasteiger partial charge on any atom is 0.324 e. The van der Waals surface area contributed by atoms with Crippen LogP contribution >= 0.6 is 0 Å². The lowest BCUT2D eigenvalue weighted by Crippen LogP contribution is -2.56. The van der Waals surface area contributed by atoms with Crippen molar-refractivity contribution >= 4 is 5.97 Å². The van der Waals surface area contributed by atoms with Crippen molar-refractivity contribution in [2.24, 2.45) is 0 Å². The standard InChI is InChI=1S/C14H26N2O3/c1-10-7-16(9-14(2,3)19-10)8-12(13(17)18-4)15-11-5-6-11/h10-12,15H,5-9H2,1-4H3. The molecule has 1 saturated carbocycles. The minimum Gasteiger partial charge on any atom is -0.468 e. The van der Waals surface area contributed by atoms with Gasteiger partial charge >= 0.3 is 5.97 Å². The van der Waals surface area contributed by atoms with Gasteiger partial charge in [0.2, 0.25) is 0 Å². The fraction of sp³-hybridized carbons (Fsp3) is 0.929. The van der Waals surface area contributed by atoms with Crippen molar-refractivity contribution in [2.45, 2.75) is 57.4 Å². The zero-order chi connectivity index (χ0) is 14.0. The number of rotatable bonds is 5. The topological polar surface area (TPSA) is 50.8 Å². The lowest BCUT2D eigenvalue weighted by molar-refractivity contribution is -0.148. The predicted molar refractivity (Wildman–Crippen MR) is 73.0 cm³/mol. The van der Waals surface area contributed by atoms with Crippen LogP contribution in [-0.2, 0) is 14.3 Å². The van der Waals surface area contributed by atoms with Crippen LogP contribution in [0.2, 0.25) is 0 Å². The number of morpholine rings is 1. The minimum atomic E-state index is -0.224. The quantitative estimate of drug-likeness (QED) is 0.748. The summed E-state index contributed by atoms with van der Waals surface area (Å²) in [5, 5.41) is 3.37. The molecule has 5 heteroatoms. The molecule has 0 radical (unpaired) electrons. The first-order valence-corrected chi connectivity index (χ1v) is 7.13. The molecule has 19 heavy (non-hydrogen) atoms. The second kappa shape index (κ2) is 5.77. The Morgan fingerprint density at radius 3 is 2.74 bits per heavy atom. The molecule has 1 N–H and O–H groups in total. The van der Waals surface area contributed by atoms with E-state index >= 15 is 0 Å². The Labute approximate surface area is 115 Å². The fourth-order valence-corrected chi connectivity index (χ4v) is 2.86. The van der Waals surface area contributed by atoms with Gasteiger partial charge in [-0.2, -0.15) is 0 Å². The van der Waals surface area contributed by atoms with Crippen LogP contribution < -0.4 is 5.32 Å². The molecule has 2 unspecified atom stereocenters. The van der Waals surface area contributed by atoms with Crippen molar-refractivity contribution in [1.82, 2.24) is 10.2 Å². The van der Waals surface area contributed by atoms with Crippen LogP contribution in [0.3, 0.4) is 0 Å². The van der Waals surface area contributed by atoms with E-state index in [-0.39, 0.29) is 23.7 Å². The summed E-state index contributed by atoms with van der Waals surface area (Å²) in [6.45, 7) is 8.67. The van der Waals surface area contributed by atoms with Crippen molar-refractivity contribution in [2.75, 3.05) is 26.7 Å². The van der Waals surface area contributed by atoms with Crippen LogP contribution in [0.25, 0.3) is 0 Å². The highest BCUT2D eigenvalue weighted by Crippen LogP contribution is 2.23. The number of hydrogen-bond donors (Lipinski definition) is 1. The fourth-order valence-electron chi connectivity index (χ4n) is 2.86. The van der Waals surface area contributed by atoms with Crippen molar-refractivity contribution in [3.8, 4) is 0 Å². The van der Waals surface area contributed by atoms with Crippen LogP contribution in [0.1, 0.15) is 33.6 Å². The number of carbonyl (C=O) groups is 1. The highest BCUT2D eigenvalue weighted by atomic mass is 16.5. The molecular weight excluding hydrogens is 244 g/mol. The summed E-state index contributed by atoms with van der Waals surface area (Å²) >= 11 is 0. The Hall–Kier alpha value is -0.650. The zero-order valence-electron chi connectivity index (χ0n) is 12.4. The monoisotopic (exact) mass is 270 g/mol. The van der Waals surface area contributed by atoms with E-state index in [1.165, 1.54) is 20.0 Å². The highest BCUT2D eigenvalue weighted by Gasteiger charge is 2.35. The maximum absolute atomic E-state index is 11.8. The Balaban J connectivity index is 1.93. The summed E-state index contributed by atoms with van der Waals surface area (Å²) < 4.78 is 10.8. The third-order valence-corrected chi connectivity index (χ3v) is 3.58. The number of hydrogen-bond acceptors (Lipinski definition) is 5. The Morgan fingerprint density at radius 2 is 2.21 bits per heavy atom. The van der Waals surface area contributed by atoms with E-state index < -0.39 is 0 Å². The number of methoxy groups -OCH3 is 1. The third-order valence-electron chi connectivity index (χ3n) is 3.58. The Kier molecular flexibility index (Phi) is 4.48. The second-order valence-electron chi connectivity index (χ2n) is 6.40. The molecule has 0 spiro atoms. The lowest BCUT2D eigenvalue weighted by Gasteiger charge is -2.42. The summed E-state index contributed by atoms with van der Waals surface area (Å²) in [4.78, 5) is 14.1. The Morgan fingerprint density at radius 1 is 1.53 bits per heavy atom. The van der Waals surface area contributed by atoms with Crippen LogP contribution in [0.15, 0.2) is 0 Å². The molecule has 1 heterocycles. The number of carbonyl (C=O) groups excluding carboxylic acids is 1. The molecule has 0 aromatic heterocycles. The molecule has 2 atom stereocenters. The molecule has 0 aromatic carbocycles. The molecular formula is C14H26N2O3. The smallest absolute Gasteiger partial charge is 0.324 e. The summed E-state index contributed by atoms with van der Waals surface area (Å²) in [5.41, 5.74) is -0.155. The summed E-state index contributed by atoms with van der Waals surface area (Å²) in [6.07, 6.45) is 2.53. The zero-order valence-corrected chi connectivity index (χ0v) is 12.4. The van der Waals surface area contributed by atoms with Crippen LogP contribution in [0, 0.1) is 0 Å². The maximum atomic E-state index is 11.8. The van der Waals surface area contributed by atoms with E-state index in [1.807, 2.05) is 0 Å².